The molecule has 0 saturated heterocycles. The van der Waals surface area contributed by atoms with E-state index < -0.39 is 0 Å². The summed E-state index contributed by atoms with van der Waals surface area (Å²) in [7, 11) is 0. The average Bonchev–Trinajstić information content (AvgIpc) is 2.68. The summed E-state index contributed by atoms with van der Waals surface area (Å²) in [6, 6.07) is 6.20. The van der Waals surface area contributed by atoms with Gasteiger partial charge in [0.15, 0.2) is 5.82 Å². The van der Waals surface area contributed by atoms with E-state index in [0.717, 1.165) is 5.82 Å². The number of rotatable bonds is 3. The van der Waals surface area contributed by atoms with Gasteiger partial charge in [0.2, 0.25) is 4.77 Å². The fourth-order valence-corrected chi connectivity index (χ4v) is 1.69. The largest absolute Gasteiger partial charge is 0.250 e. The molecule has 18 heavy (non-hydrogen) atoms. The summed E-state index contributed by atoms with van der Waals surface area (Å²) in [4.78, 5) is 0. The zero-order valence-electron chi connectivity index (χ0n) is 10.1. The van der Waals surface area contributed by atoms with E-state index in [1.165, 1.54) is 12.1 Å². The van der Waals surface area contributed by atoms with Gasteiger partial charge in [-0.15, -0.1) is 0 Å². The summed E-state index contributed by atoms with van der Waals surface area (Å²) in [6.07, 6.45) is 1.56. The predicted molar refractivity (Wildman–Crippen MR) is 70.9 cm³/mol. The van der Waals surface area contributed by atoms with E-state index in [9.17, 15) is 4.39 Å². The van der Waals surface area contributed by atoms with Crippen LogP contribution in [0.15, 0.2) is 29.4 Å². The van der Waals surface area contributed by atoms with Crippen LogP contribution in [0.4, 0.5) is 4.39 Å². The van der Waals surface area contributed by atoms with Gasteiger partial charge in [0.1, 0.15) is 5.82 Å². The van der Waals surface area contributed by atoms with E-state index in [4.69, 9.17) is 12.2 Å². The minimum absolute atomic E-state index is 0.197. The Kier molecular flexibility index (Phi) is 3.66. The number of hydrogen-bond acceptors (Lipinski definition) is 3. The Morgan fingerprint density at radius 3 is 2.94 bits per heavy atom. The first kappa shape index (κ1) is 12.6. The highest BCUT2D eigenvalue weighted by atomic mass is 32.1. The van der Waals surface area contributed by atoms with Crippen LogP contribution < -0.4 is 0 Å². The SMILES string of the molecule is CC(C)c1n[nH]c(=S)n1/N=C\c1cccc(F)c1. The molecular weight excluding hydrogens is 251 g/mol. The highest BCUT2D eigenvalue weighted by Crippen LogP contribution is 2.11. The van der Waals surface area contributed by atoms with Gasteiger partial charge in [0.05, 0.1) is 6.21 Å². The zero-order chi connectivity index (χ0) is 13.1. The van der Waals surface area contributed by atoms with E-state index in [2.05, 4.69) is 15.3 Å². The number of halogens is 1. The number of nitrogens with one attached hydrogen (secondary N) is 1. The second kappa shape index (κ2) is 5.22. The highest BCUT2D eigenvalue weighted by molar-refractivity contribution is 7.71. The van der Waals surface area contributed by atoms with E-state index in [-0.39, 0.29) is 11.7 Å². The molecule has 0 aliphatic heterocycles. The molecule has 0 bridgehead atoms. The van der Waals surface area contributed by atoms with E-state index in [1.54, 1.807) is 23.0 Å². The van der Waals surface area contributed by atoms with Crippen molar-refractivity contribution >= 4 is 18.4 Å². The fourth-order valence-electron chi connectivity index (χ4n) is 1.50. The molecule has 4 nitrogen and oxygen atoms in total. The van der Waals surface area contributed by atoms with Crippen molar-refractivity contribution in [2.45, 2.75) is 19.8 Å². The Morgan fingerprint density at radius 1 is 1.50 bits per heavy atom. The van der Waals surface area contributed by atoms with Crippen LogP contribution in [0.25, 0.3) is 0 Å². The van der Waals surface area contributed by atoms with Crippen LogP contribution in [0.3, 0.4) is 0 Å². The van der Waals surface area contributed by atoms with Crippen molar-refractivity contribution in [3.63, 3.8) is 0 Å². The summed E-state index contributed by atoms with van der Waals surface area (Å²) in [5, 5.41) is 11.0. The summed E-state index contributed by atoms with van der Waals surface area (Å²) in [6.45, 7) is 4.00. The van der Waals surface area contributed by atoms with Gasteiger partial charge in [0.25, 0.3) is 0 Å². The van der Waals surface area contributed by atoms with Gasteiger partial charge in [-0.2, -0.15) is 14.9 Å². The van der Waals surface area contributed by atoms with Crippen LogP contribution in [-0.4, -0.2) is 21.1 Å². The van der Waals surface area contributed by atoms with Crippen molar-refractivity contribution in [3.8, 4) is 0 Å². The van der Waals surface area contributed by atoms with E-state index in [0.29, 0.717) is 10.3 Å². The molecule has 1 aromatic carbocycles. The third kappa shape index (κ3) is 2.70. The number of H-pyrrole nitrogens is 1. The van der Waals surface area contributed by atoms with Crippen molar-refractivity contribution in [2.24, 2.45) is 5.10 Å². The van der Waals surface area contributed by atoms with Crippen molar-refractivity contribution in [1.29, 1.82) is 0 Å². The molecule has 1 aromatic heterocycles. The minimum Gasteiger partial charge on any atom is -0.250 e. The molecule has 6 heteroatoms. The van der Waals surface area contributed by atoms with Crippen LogP contribution in [0, 0.1) is 10.6 Å². The Bertz CT molecular complexity index is 627. The second-order valence-electron chi connectivity index (χ2n) is 4.15. The lowest BCUT2D eigenvalue weighted by atomic mass is 10.2. The molecular formula is C12H13FN4S. The van der Waals surface area contributed by atoms with Crippen LogP contribution >= 0.6 is 12.2 Å². The summed E-state index contributed by atoms with van der Waals surface area (Å²) < 4.78 is 15.0. The molecule has 2 aromatic rings. The Morgan fingerprint density at radius 2 is 2.28 bits per heavy atom. The van der Waals surface area contributed by atoms with Gasteiger partial charge in [-0.05, 0) is 29.9 Å². The average molecular weight is 264 g/mol. The topological polar surface area (TPSA) is 46.0 Å². The molecule has 0 aliphatic carbocycles. The monoisotopic (exact) mass is 264 g/mol. The number of benzene rings is 1. The summed E-state index contributed by atoms with van der Waals surface area (Å²) in [5.41, 5.74) is 0.674. The fraction of sp³-hybridized carbons (Fsp3) is 0.250. The second-order valence-corrected chi connectivity index (χ2v) is 4.54. The van der Waals surface area contributed by atoms with Gasteiger partial charge < -0.3 is 0 Å². The molecule has 94 valence electrons. The van der Waals surface area contributed by atoms with Gasteiger partial charge in [-0.1, -0.05) is 26.0 Å². The smallest absolute Gasteiger partial charge is 0.216 e. The molecule has 0 spiro atoms. The number of nitrogens with zero attached hydrogens (tertiary/aromatic N) is 3. The number of hydrogen-bond donors (Lipinski definition) is 1. The first-order valence-electron chi connectivity index (χ1n) is 5.55. The van der Waals surface area contributed by atoms with E-state index >= 15 is 0 Å². The summed E-state index contributed by atoms with van der Waals surface area (Å²) >= 11 is 5.09. The Hall–Kier alpha value is -1.82. The van der Waals surface area contributed by atoms with Gasteiger partial charge in [0, 0.05) is 5.92 Å². The molecule has 0 fully saturated rings. The maximum Gasteiger partial charge on any atom is 0.216 e. The lowest BCUT2D eigenvalue weighted by Crippen LogP contribution is -2.00. The van der Waals surface area contributed by atoms with Crippen molar-refractivity contribution in [3.05, 3.63) is 46.2 Å². The molecule has 0 atom stereocenters. The molecule has 0 amide bonds. The molecule has 2 rings (SSSR count). The van der Waals surface area contributed by atoms with E-state index in [1.807, 2.05) is 13.8 Å². The lowest BCUT2D eigenvalue weighted by molar-refractivity contribution is 0.627. The molecule has 0 saturated carbocycles. The number of aromatic nitrogens is 3. The van der Waals surface area contributed by atoms with Crippen molar-refractivity contribution in [1.82, 2.24) is 14.9 Å². The molecule has 0 aliphatic rings. The third-order valence-corrected chi connectivity index (χ3v) is 2.63. The minimum atomic E-state index is -0.293. The number of aromatic amines is 1. The Labute approximate surface area is 109 Å². The lowest BCUT2D eigenvalue weighted by Gasteiger charge is -2.02. The highest BCUT2D eigenvalue weighted by Gasteiger charge is 2.08. The quantitative estimate of drug-likeness (QED) is 0.684. The normalized spacial score (nSPS) is 11.6. The molecule has 0 radical (unpaired) electrons. The van der Waals surface area contributed by atoms with Crippen LogP contribution in [-0.2, 0) is 0 Å². The summed E-state index contributed by atoms with van der Waals surface area (Å²) in [5.74, 6) is 0.647. The van der Waals surface area contributed by atoms with Crippen molar-refractivity contribution < 1.29 is 4.39 Å². The standard InChI is InChI=1S/C12H13FN4S/c1-8(2)11-15-16-12(18)17(11)14-7-9-4-3-5-10(13)6-9/h3-8H,1-2H3,(H,16,18)/b14-7-. The van der Waals surface area contributed by atoms with Crippen molar-refractivity contribution in [2.75, 3.05) is 0 Å². The maximum absolute atomic E-state index is 13.0. The first-order chi connectivity index (χ1) is 8.58. The van der Waals surface area contributed by atoms with Gasteiger partial charge in [-0.3, -0.25) is 5.10 Å². The zero-order valence-corrected chi connectivity index (χ0v) is 10.9. The maximum atomic E-state index is 13.0. The molecule has 0 unspecified atom stereocenters. The third-order valence-electron chi connectivity index (χ3n) is 2.36. The molecule has 1 heterocycles. The van der Waals surface area contributed by atoms with Crippen LogP contribution in [0.2, 0.25) is 0 Å². The first-order valence-corrected chi connectivity index (χ1v) is 5.96. The van der Waals surface area contributed by atoms with Gasteiger partial charge >= 0.3 is 0 Å². The molecule has 1 N–H and O–H groups in total. The van der Waals surface area contributed by atoms with Crippen LogP contribution in [0.5, 0.6) is 0 Å². The van der Waals surface area contributed by atoms with Crippen LogP contribution in [0.1, 0.15) is 31.2 Å². The Balaban J connectivity index is 2.34. The van der Waals surface area contributed by atoms with Gasteiger partial charge in [-0.25, -0.2) is 4.39 Å². The predicted octanol–water partition coefficient (Wildman–Crippen LogP) is 3.09.